The van der Waals surface area contributed by atoms with Crippen molar-refractivity contribution in [2.45, 2.75) is 12.5 Å². The van der Waals surface area contributed by atoms with E-state index in [0.29, 0.717) is 31.4 Å². The van der Waals surface area contributed by atoms with E-state index in [-0.39, 0.29) is 6.10 Å². The van der Waals surface area contributed by atoms with Crippen molar-refractivity contribution in [1.82, 2.24) is 15.0 Å². The normalized spacial score (nSPS) is 17.6. The van der Waals surface area contributed by atoms with Crippen molar-refractivity contribution >= 4 is 17.5 Å². The standard InChI is InChI=1S/C18H17ClN4O2/c19-15-5-2-1-4-13(15)10-14-11-22-17(25-14)16-12-23(8-9-24-16)18-20-6-3-7-21-18/h1-7,11,16H,8-10,12H2/t16-/m1/s1. The second-order valence-electron chi connectivity index (χ2n) is 5.79. The molecule has 128 valence electrons. The molecule has 0 bridgehead atoms. The Morgan fingerprint density at radius 2 is 1.96 bits per heavy atom. The Bertz CT molecular complexity index is 840. The summed E-state index contributed by atoms with van der Waals surface area (Å²) in [4.78, 5) is 15.1. The van der Waals surface area contributed by atoms with E-state index < -0.39 is 0 Å². The van der Waals surface area contributed by atoms with E-state index in [1.807, 2.05) is 24.3 Å². The molecule has 1 aromatic carbocycles. The van der Waals surface area contributed by atoms with Crippen LogP contribution < -0.4 is 4.90 Å². The fourth-order valence-corrected chi connectivity index (χ4v) is 3.02. The van der Waals surface area contributed by atoms with Gasteiger partial charge in [0.05, 0.1) is 19.3 Å². The smallest absolute Gasteiger partial charge is 0.225 e. The zero-order chi connectivity index (χ0) is 17.1. The van der Waals surface area contributed by atoms with Gasteiger partial charge in [0.2, 0.25) is 11.8 Å². The topological polar surface area (TPSA) is 64.3 Å². The first-order valence-electron chi connectivity index (χ1n) is 8.11. The van der Waals surface area contributed by atoms with Crippen LogP contribution >= 0.6 is 11.6 Å². The van der Waals surface area contributed by atoms with Crippen LogP contribution in [0.2, 0.25) is 5.02 Å². The first kappa shape index (κ1) is 16.1. The molecule has 0 saturated carbocycles. The fraction of sp³-hybridized carbons (Fsp3) is 0.278. The molecule has 0 spiro atoms. The summed E-state index contributed by atoms with van der Waals surface area (Å²) in [6, 6.07) is 9.52. The highest BCUT2D eigenvalue weighted by atomic mass is 35.5. The second kappa shape index (κ2) is 7.21. The van der Waals surface area contributed by atoms with Crippen LogP contribution in [0.1, 0.15) is 23.3 Å². The molecule has 25 heavy (non-hydrogen) atoms. The molecule has 1 aliphatic rings. The monoisotopic (exact) mass is 356 g/mol. The number of ether oxygens (including phenoxy) is 1. The van der Waals surface area contributed by atoms with Crippen molar-refractivity contribution in [1.29, 1.82) is 0 Å². The van der Waals surface area contributed by atoms with Gasteiger partial charge in [0.1, 0.15) is 5.76 Å². The number of morpholine rings is 1. The molecule has 3 aromatic rings. The van der Waals surface area contributed by atoms with Crippen LogP contribution in [0, 0.1) is 0 Å². The highest BCUT2D eigenvalue weighted by molar-refractivity contribution is 6.31. The minimum absolute atomic E-state index is 0.238. The highest BCUT2D eigenvalue weighted by Crippen LogP contribution is 2.25. The van der Waals surface area contributed by atoms with Crippen LogP contribution in [-0.4, -0.2) is 34.6 Å². The van der Waals surface area contributed by atoms with Gasteiger partial charge < -0.3 is 14.1 Å². The van der Waals surface area contributed by atoms with Gasteiger partial charge in [-0.05, 0) is 17.7 Å². The molecular weight excluding hydrogens is 340 g/mol. The minimum Gasteiger partial charge on any atom is -0.442 e. The zero-order valence-electron chi connectivity index (χ0n) is 13.5. The Labute approximate surface area is 150 Å². The first-order chi connectivity index (χ1) is 12.3. The molecule has 4 rings (SSSR count). The molecule has 0 N–H and O–H groups in total. The number of hydrogen-bond acceptors (Lipinski definition) is 6. The van der Waals surface area contributed by atoms with Gasteiger partial charge in [0.15, 0.2) is 6.10 Å². The third-order valence-corrected chi connectivity index (χ3v) is 4.44. The van der Waals surface area contributed by atoms with E-state index in [9.17, 15) is 0 Å². The molecule has 7 heteroatoms. The Kier molecular flexibility index (Phi) is 4.63. The van der Waals surface area contributed by atoms with Crippen molar-refractivity contribution in [3.8, 4) is 0 Å². The van der Waals surface area contributed by atoms with Crippen LogP contribution in [0.3, 0.4) is 0 Å². The zero-order valence-corrected chi connectivity index (χ0v) is 14.3. The van der Waals surface area contributed by atoms with Crippen LogP contribution in [0.15, 0.2) is 53.3 Å². The van der Waals surface area contributed by atoms with E-state index in [1.54, 1.807) is 24.7 Å². The summed E-state index contributed by atoms with van der Waals surface area (Å²) in [5.41, 5.74) is 1.01. The van der Waals surface area contributed by atoms with E-state index in [2.05, 4.69) is 19.9 Å². The summed E-state index contributed by atoms with van der Waals surface area (Å²) < 4.78 is 11.7. The van der Waals surface area contributed by atoms with Gasteiger partial charge in [0.25, 0.3) is 0 Å². The second-order valence-corrected chi connectivity index (χ2v) is 6.19. The Morgan fingerprint density at radius 3 is 2.80 bits per heavy atom. The van der Waals surface area contributed by atoms with E-state index in [1.165, 1.54) is 0 Å². The van der Waals surface area contributed by atoms with E-state index in [0.717, 1.165) is 22.9 Å². The lowest BCUT2D eigenvalue weighted by molar-refractivity contribution is 0.0211. The largest absolute Gasteiger partial charge is 0.442 e. The summed E-state index contributed by atoms with van der Waals surface area (Å²) in [6.45, 7) is 1.93. The van der Waals surface area contributed by atoms with Crippen molar-refractivity contribution in [3.05, 3.63) is 71.2 Å². The number of nitrogens with zero attached hydrogens (tertiary/aromatic N) is 4. The van der Waals surface area contributed by atoms with Crippen molar-refractivity contribution in [2.75, 3.05) is 24.6 Å². The number of halogens is 1. The summed E-state index contributed by atoms with van der Waals surface area (Å²) in [7, 11) is 0. The van der Waals surface area contributed by atoms with Crippen LogP contribution in [0.5, 0.6) is 0 Å². The van der Waals surface area contributed by atoms with Gasteiger partial charge in [-0.2, -0.15) is 0 Å². The lowest BCUT2D eigenvalue weighted by Gasteiger charge is -2.31. The quantitative estimate of drug-likeness (QED) is 0.714. The molecule has 0 unspecified atom stereocenters. The average molecular weight is 357 g/mol. The molecule has 1 aliphatic heterocycles. The number of oxazole rings is 1. The lowest BCUT2D eigenvalue weighted by Crippen LogP contribution is -2.39. The Hall–Kier alpha value is -2.44. The third-order valence-electron chi connectivity index (χ3n) is 4.07. The van der Waals surface area contributed by atoms with Crippen LogP contribution in [-0.2, 0) is 11.2 Å². The van der Waals surface area contributed by atoms with Gasteiger partial charge in [-0.15, -0.1) is 0 Å². The summed E-state index contributed by atoms with van der Waals surface area (Å²) in [6.07, 6.45) is 5.57. The molecule has 0 aliphatic carbocycles. The maximum absolute atomic E-state index is 6.21. The number of rotatable bonds is 4. The predicted octanol–water partition coefficient (Wildman–Crippen LogP) is 3.29. The third kappa shape index (κ3) is 3.65. The first-order valence-corrected chi connectivity index (χ1v) is 8.49. The summed E-state index contributed by atoms with van der Waals surface area (Å²) in [5.74, 6) is 2.03. The maximum atomic E-state index is 6.21. The Balaban J connectivity index is 1.47. The molecular formula is C18H17ClN4O2. The number of benzene rings is 1. The molecule has 0 radical (unpaired) electrons. The van der Waals surface area contributed by atoms with Gasteiger partial charge in [-0.25, -0.2) is 15.0 Å². The SMILES string of the molecule is Clc1ccccc1Cc1cnc([C@H]2CN(c3ncccn3)CCO2)o1. The van der Waals surface area contributed by atoms with Crippen molar-refractivity contribution in [2.24, 2.45) is 0 Å². The molecule has 1 atom stereocenters. The minimum atomic E-state index is -0.238. The average Bonchev–Trinajstić information content (AvgIpc) is 3.13. The maximum Gasteiger partial charge on any atom is 0.225 e. The van der Waals surface area contributed by atoms with Gasteiger partial charge in [-0.3, -0.25) is 0 Å². The Morgan fingerprint density at radius 1 is 1.12 bits per heavy atom. The fourth-order valence-electron chi connectivity index (χ4n) is 2.82. The number of aromatic nitrogens is 3. The molecule has 2 aromatic heterocycles. The van der Waals surface area contributed by atoms with E-state index >= 15 is 0 Å². The van der Waals surface area contributed by atoms with Crippen LogP contribution in [0.25, 0.3) is 0 Å². The van der Waals surface area contributed by atoms with Crippen molar-refractivity contribution in [3.63, 3.8) is 0 Å². The van der Waals surface area contributed by atoms with Gasteiger partial charge in [-0.1, -0.05) is 29.8 Å². The number of hydrogen-bond donors (Lipinski definition) is 0. The van der Waals surface area contributed by atoms with E-state index in [4.69, 9.17) is 20.8 Å². The van der Waals surface area contributed by atoms with Crippen molar-refractivity contribution < 1.29 is 9.15 Å². The molecule has 3 heterocycles. The summed E-state index contributed by atoms with van der Waals surface area (Å²) >= 11 is 6.21. The predicted molar refractivity (Wildman–Crippen MR) is 93.7 cm³/mol. The molecule has 0 amide bonds. The van der Waals surface area contributed by atoms with Gasteiger partial charge in [0, 0.05) is 30.4 Å². The number of anilines is 1. The summed E-state index contributed by atoms with van der Waals surface area (Å²) in [5, 5.41) is 0.724. The molecule has 1 saturated heterocycles. The lowest BCUT2D eigenvalue weighted by atomic mass is 10.1. The molecule has 6 nitrogen and oxygen atoms in total. The van der Waals surface area contributed by atoms with Crippen LogP contribution in [0.4, 0.5) is 5.95 Å². The molecule has 1 fully saturated rings. The highest BCUT2D eigenvalue weighted by Gasteiger charge is 2.27. The van der Waals surface area contributed by atoms with Gasteiger partial charge >= 0.3 is 0 Å².